The van der Waals surface area contributed by atoms with Crippen LogP contribution < -0.4 is 5.73 Å². The summed E-state index contributed by atoms with van der Waals surface area (Å²) in [4.78, 5) is 12.9. The average molecular weight is 172 g/mol. The molecular weight excluding hydrogens is 156 g/mol. The van der Waals surface area contributed by atoms with Crippen molar-refractivity contribution in [3.05, 3.63) is 0 Å². The van der Waals surface area contributed by atoms with Crippen LogP contribution in [0.25, 0.3) is 0 Å². The van der Waals surface area contributed by atoms with Gasteiger partial charge in [0.15, 0.2) is 0 Å². The van der Waals surface area contributed by atoms with Gasteiger partial charge < -0.3 is 15.7 Å². The number of rotatable bonds is 2. The lowest BCUT2D eigenvalue weighted by atomic mass is 9.99. The molecule has 1 unspecified atom stereocenters. The lowest BCUT2D eigenvalue weighted by molar-refractivity contribution is -0.131. The fourth-order valence-electron chi connectivity index (χ4n) is 1.57. The first-order valence-corrected chi connectivity index (χ1v) is 4.36. The third-order valence-electron chi connectivity index (χ3n) is 2.30. The first-order valence-electron chi connectivity index (χ1n) is 4.36. The molecule has 12 heavy (non-hydrogen) atoms. The van der Waals surface area contributed by atoms with E-state index in [1.54, 1.807) is 4.90 Å². The smallest absolute Gasteiger partial charge is 0.236 e. The maximum Gasteiger partial charge on any atom is 0.236 e. The van der Waals surface area contributed by atoms with Gasteiger partial charge in [-0.2, -0.15) is 0 Å². The van der Waals surface area contributed by atoms with Crippen LogP contribution in [0, 0.1) is 5.92 Å². The maximum atomic E-state index is 11.1. The fourth-order valence-corrected chi connectivity index (χ4v) is 1.57. The molecule has 0 aliphatic carbocycles. The summed E-state index contributed by atoms with van der Waals surface area (Å²) in [6, 6.07) is 0. The number of aliphatic hydroxyl groups excluding tert-OH is 1. The van der Waals surface area contributed by atoms with E-state index < -0.39 is 0 Å². The van der Waals surface area contributed by atoms with Crippen molar-refractivity contribution >= 4 is 5.91 Å². The van der Waals surface area contributed by atoms with E-state index in [1.165, 1.54) is 0 Å². The fraction of sp³-hybridized carbons (Fsp3) is 0.875. The van der Waals surface area contributed by atoms with Gasteiger partial charge in [-0.1, -0.05) is 0 Å². The van der Waals surface area contributed by atoms with Crippen molar-refractivity contribution in [1.82, 2.24) is 4.90 Å². The summed E-state index contributed by atoms with van der Waals surface area (Å²) >= 11 is 0. The molecule has 4 heteroatoms. The second kappa shape index (κ2) is 4.42. The quantitative estimate of drug-likeness (QED) is 0.571. The van der Waals surface area contributed by atoms with Crippen LogP contribution in [0.2, 0.25) is 0 Å². The third-order valence-corrected chi connectivity index (χ3v) is 2.30. The molecule has 0 aromatic rings. The Morgan fingerprint density at radius 3 is 3.00 bits per heavy atom. The molecule has 1 aliphatic heterocycles. The number of carbonyl (C=O) groups is 1. The van der Waals surface area contributed by atoms with Gasteiger partial charge in [0.05, 0.1) is 6.54 Å². The van der Waals surface area contributed by atoms with Crippen LogP contribution in [-0.4, -0.2) is 42.2 Å². The van der Waals surface area contributed by atoms with Gasteiger partial charge in [-0.15, -0.1) is 0 Å². The van der Waals surface area contributed by atoms with Crippen molar-refractivity contribution in [3.8, 4) is 0 Å². The molecule has 3 N–H and O–H groups in total. The maximum absolute atomic E-state index is 11.1. The molecule has 0 aromatic heterocycles. The van der Waals surface area contributed by atoms with E-state index in [9.17, 15) is 4.79 Å². The topological polar surface area (TPSA) is 66.6 Å². The molecule has 1 atom stereocenters. The molecule has 4 nitrogen and oxygen atoms in total. The van der Waals surface area contributed by atoms with E-state index in [1.807, 2.05) is 0 Å². The molecule has 1 fully saturated rings. The molecule has 0 saturated carbocycles. The van der Waals surface area contributed by atoms with E-state index in [-0.39, 0.29) is 25.0 Å². The first-order chi connectivity index (χ1) is 5.77. The van der Waals surface area contributed by atoms with Crippen molar-refractivity contribution in [2.45, 2.75) is 12.8 Å². The highest BCUT2D eigenvalue weighted by molar-refractivity contribution is 5.78. The van der Waals surface area contributed by atoms with Crippen molar-refractivity contribution in [1.29, 1.82) is 0 Å². The van der Waals surface area contributed by atoms with Crippen LogP contribution in [0.3, 0.4) is 0 Å². The number of carbonyl (C=O) groups excluding carboxylic acids is 1. The molecule has 0 bridgehead atoms. The second-order valence-electron chi connectivity index (χ2n) is 3.23. The number of nitrogens with two attached hydrogens (primary N) is 1. The van der Waals surface area contributed by atoms with E-state index in [0.717, 1.165) is 19.4 Å². The molecule has 1 amide bonds. The molecular formula is C8H16N2O2. The largest absolute Gasteiger partial charge is 0.396 e. The first kappa shape index (κ1) is 9.48. The van der Waals surface area contributed by atoms with Crippen LogP contribution in [0.5, 0.6) is 0 Å². The summed E-state index contributed by atoms with van der Waals surface area (Å²) < 4.78 is 0. The molecule has 0 spiro atoms. The highest BCUT2D eigenvalue weighted by atomic mass is 16.3. The van der Waals surface area contributed by atoms with Crippen molar-refractivity contribution in [2.24, 2.45) is 11.7 Å². The van der Waals surface area contributed by atoms with Crippen molar-refractivity contribution in [2.75, 3.05) is 26.2 Å². The summed E-state index contributed by atoms with van der Waals surface area (Å²) in [7, 11) is 0. The highest BCUT2D eigenvalue weighted by Crippen LogP contribution is 2.15. The van der Waals surface area contributed by atoms with Crippen LogP contribution in [0.4, 0.5) is 0 Å². The van der Waals surface area contributed by atoms with E-state index >= 15 is 0 Å². The molecule has 0 aromatic carbocycles. The summed E-state index contributed by atoms with van der Waals surface area (Å²) in [5, 5.41) is 8.89. The van der Waals surface area contributed by atoms with Crippen LogP contribution in [0.1, 0.15) is 12.8 Å². The van der Waals surface area contributed by atoms with Gasteiger partial charge in [-0.3, -0.25) is 4.79 Å². The lowest BCUT2D eigenvalue weighted by Crippen LogP contribution is -2.43. The van der Waals surface area contributed by atoms with Gasteiger partial charge >= 0.3 is 0 Å². The number of hydrogen-bond acceptors (Lipinski definition) is 3. The van der Waals surface area contributed by atoms with Crippen LogP contribution >= 0.6 is 0 Å². The minimum atomic E-state index is -0.00634. The molecule has 0 radical (unpaired) electrons. The molecule has 1 rings (SSSR count). The summed E-state index contributed by atoms with van der Waals surface area (Å²) in [5.74, 6) is 0.252. The SMILES string of the molecule is NCC(=O)N1CCCC(CO)C1. The van der Waals surface area contributed by atoms with Crippen molar-refractivity contribution < 1.29 is 9.90 Å². The van der Waals surface area contributed by atoms with Gasteiger partial charge in [0.25, 0.3) is 0 Å². The normalized spacial score (nSPS) is 24.2. The van der Waals surface area contributed by atoms with Gasteiger partial charge in [0.2, 0.25) is 5.91 Å². The Labute approximate surface area is 72.3 Å². The van der Waals surface area contributed by atoms with Crippen LogP contribution in [0.15, 0.2) is 0 Å². The standard InChI is InChI=1S/C8H16N2O2/c9-4-8(12)10-3-1-2-7(5-10)6-11/h7,11H,1-6,9H2. The Morgan fingerprint density at radius 1 is 1.67 bits per heavy atom. The van der Waals surface area contributed by atoms with Gasteiger partial charge in [-0.25, -0.2) is 0 Å². The average Bonchev–Trinajstić information content (AvgIpc) is 2.17. The third kappa shape index (κ3) is 2.19. The number of nitrogens with zero attached hydrogens (tertiary/aromatic N) is 1. The molecule has 70 valence electrons. The predicted molar refractivity (Wildman–Crippen MR) is 45.4 cm³/mol. The zero-order valence-corrected chi connectivity index (χ0v) is 7.20. The Balaban J connectivity index is 2.40. The van der Waals surface area contributed by atoms with Crippen LogP contribution in [-0.2, 0) is 4.79 Å². The molecule has 1 aliphatic rings. The second-order valence-corrected chi connectivity index (χ2v) is 3.23. The highest BCUT2D eigenvalue weighted by Gasteiger charge is 2.21. The Kier molecular flexibility index (Phi) is 3.49. The van der Waals surface area contributed by atoms with Gasteiger partial charge in [-0.05, 0) is 18.8 Å². The minimum Gasteiger partial charge on any atom is -0.396 e. The Morgan fingerprint density at radius 2 is 2.42 bits per heavy atom. The lowest BCUT2D eigenvalue weighted by Gasteiger charge is -2.31. The number of aliphatic hydroxyl groups is 1. The zero-order chi connectivity index (χ0) is 8.97. The Bertz CT molecular complexity index is 161. The van der Waals surface area contributed by atoms with E-state index in [2.05, 4.69) is 0 Å². The van der Waals surface area contributed by atoms with E-state index in [0.29, 0.717) is 6.54 Å². The number of amides is 1. The number of piperidine rings is 1. The summed E-state index contributed by atoms with van der Waals surface area (Å²) in [5.41, 5.74) is 5.24. The zero-order valence-electron chi connectivity index (χ0n) is 7.20. The Hall–Kier alpha value is -0.610. The molecule has 1 saturated heterocycles. The number of hydrogen-bond donors (Lipinski definition) is 2. The van der Waals surface area contributed by atoms with Gasteiger partial charge in [0, 0.05) is 19.7 Å². The van der Waals surface area contributed by atoms with E-state index in [4.69, 9.17) is 10.8 Å². The van der Waals surface area contributed by atoms with Crippen molar-refractivity contribution in [3.63, 3.8) is 0 Å². The predicted octanol–water partition coefficient (Wildman–Crippen LogP) is -0.824. The summed E-state index contributed by atoms with van der Waals surface area (Å²) in [6.07, 6.45) is 2.00. The monoisotopic (exact) mass is 172 g/mol. The molecule has 1 heterocycles. The number of likely N-dealkylation sites (tertiary alicyclic amines) is 1. The minimum absolute atomic E-state index is 0.00634. The summed E-state index contributed by atoms with van der Waals surface area (Å²) in [6.45, 7) is 1.73. The van der Waals surface area contributed by atoms with Gasteiger partial charge in [0.1, 0.15) is 0 Å².